The normalized spacial score (nSPS) is 10.7. The van der Waals surface area contributed by atoms with Crippen molar-refractivity contribution in [1.82, 2.24) is 5.32 Å². The smallest absolute Gasteiger partial charge is 0.250 e. The molecule has 0 saturated heterocycles. The van der Waals surface area contributed by atoms with Crippen molar-refractivity contribution in [3.05, 3.63) is 65.2 Å². The monoisotopic (exact) mass is 401 g/mol. The van der Waals surface area contributed by atoms with Crippen LogP contribution < -0.4 is 16.0 Å². The average Bonchev–Trinajstić information content (AvgIpc) is 2.61. The van der Waals surface area contributed by atoms with Gasteiger partial charge in [-0.3, -0.25) is 14.9 Å². The highest BCUT2D eigenvalue weighted by molar-refractivity contribution is 7.80. The third kappa shape index (κ3) is 7.21. The van der Waals surface area contributed by atoms with Gasteiger partial charge in [0.15, 0.2) is 5.11 Å². The summed E-state index contributed by atoms with van der Waals surface area (Å²) in [5, 5.41) is 9.09. The average molecular weight is 402 g/mol. The first kappa shape index (κ1) is 20.6. The van der Waals surface area contributed by atoms with Crippen molar-refractivity contribution >= 4 is 58.2 Å². The standard InChI is InChI=1S/C20H20ClN3O2S/c1-13(2)19(26)22-16-4-3-5-17(12-16)23-20(27)24-18(25)11-8-14-6-9-15(21)10-7-14/h3-13H,1-2H3,(H,22,26)(H2,23,24,25,27). The number of nitrogens with one attached hydrogen (secondary N) is 3. The number of carbonyl (C=O) groups excluding carboxylic acids is 2. The van der Waals surface area contributed by atoms with Crippen LogP contribution in [0.1, 0.15) is 19.4 Å². The Morgan fingerprint density at radius 2 is 1.67 bits per heavy atom. The molecular weight excluding hydrogens is 382 g/mol. The lowest BCUT2D eigenvalue weighted by Crippen LogP contribution is -2.32. The van der Waals surface area contributed by atoms with Gasteiger partial charge in [-0.15, -0.1) is 0 Å². The van der Waals surface area contributed by atoms with Crippen LogP contribution in [0.2, 0.25) is 5.02 Å². The Kier molecular flexibility index (Phi) is 7.52. The van der Waals surface area contributed by atoms with Crippen LogP contribution in [-0.4, -0.2) is 16.9 Å². The van der Waals surface area contributed by atoms with Crippen LogP contribution in [-0.2, 0) is 9.59 Å². The second-order valence-corrected chi connectivity index (χ2v) is 6.90. The maximum atomic E-state index is 12.0. The molecule has 0 aliphatic heterocycles. The quantitative estimate of drug-likeness (QED) is 0.511. The summed E-state index contributed by atoms with van der Waals surface area (Å²) >= 11 is 11.0. The summed E-state index contributed by atoms with van der Waals surface area (Å²) in [6.45, 7) is 3.64. The predicted molar refractivity (Wildman–Crippen MR) is 115 cm³/mol. The summed E-state index contributed by atoms with van der Waals surface area (Å²) in [7, 11) is 0. The third-order valence-corrected chi connectivity index (χ3v) is 3.90. The Hall–Kier alpha value is -2.70. The van der Waals surface area contributed by atoms with Gasteiger partial charge in [-0.2, -0.15) is 0 Å². The number of anilines is 2. The molecule has 3 N–H and O–H groups in total. The summed E-state index contributed by atoms with van der Waals surface area (Å²) < 4.78 is 0. The van der Waals surface area contributed by atoms with Gasteiger partial charge < -0.3 is 10.6 Å². The van der Waals surface area contributed by atoms with Crippen LogP contribution in [0.3, 0.4) is 0 Å². The lowest BCUT2D eigenvalue weighted by molar-refractivity contribution is -0.119. The molecule has 0 aromatic heterocycles. The first-order chi connectivity index (χ1) is 12.8. The van der Waals surface area contributed by atoms with Crippen molar-refractivity contribution in [2.24, 2.45) is 5.92 Å². The number of hydrogen-bond acceptors (Lipinski definition) is 3. The van der Waals surface area contributed by atoms with E-state index in [0.29, 0.717) is 16.4 Å². The van der Waals surface area contributed by atoms with Crippen molar-refractivity contribution in [3.8, 4) is 0 Å². The number of benzene rings is 2. The lowest BCUT2D eigenvalue weighted by Gasteiger charge is -2.11. The molecule has 2 amide bonds. The Morgan fingerprint density at radius 1 is 1.04 bits per heavy atom. The zero-order valence-electron chi connectivity index (χ0n) is 15.0. The van der Waals surface area contributed by atoms with E-state index < -0.39 is 0 Å². The minimum absolute atomic E-state index is 0.0737. The molecule has 0 radical (unpaired) electrons. The Morgan fingerprint density at radius 3 is 2.30 bits per heavy atom. The molecule has 140 valence electrons. The van der Waals surface area contributed by atoms with Crippen molar-refractivity contribution in [2.75, 3.05) is 10.6 Å². The highest BCUT2D eigenvalue weighted by Crippen LogP contribution is 2.16. The minimum atomic E-state index is -0.355. The fourth-order valence-corrected chi connectivity index (χ4v) is 2.37. The van der Waals surface area contributed by atoms with Gasteiger partial charge in [0.25, 0.3) is 0 Å². The number of thiocarbonyl (C=S) groups is 1. The van der Waals surface area contributed by atoms with E-state index in [4.69, 9.17) is 23.8 Å². The highest BCUT2D eigenvalue weighted by atomic mass is 35.5. The molecule has 0 heterocycles. The van der Waals surface area contributed by atoms with Crippen LogP contribution in [0.25, 0.3) is 6.08 Å². The molecule has 27 heavy (non-hydrogen) atoms. The largest absolute Gasteiger partial charge is 0.332 e. The Labute approximate surface area is 168 Å². The summed E-state index contributed by atoms with van der Waals surface area (Å²) in [4.78, 5) is 23.7. The molecule has 0 aliphatic rings. The van der Waals surface area contributed by atoms with Crippen molar-refractivity contribution in [2.45, 2.75) is 13.8 Å². The number of carbonyl (C=O) groups is 2. The number of amides is 2. The van der Waals surface area contributed by atoms with E-state index >= 15 is 0 Å². The van der Waals surface area contributed by atoms with Gasteiger partial charge in [0.05, 0.1) is 0 Å². The second-order valence-electron chi connectivity index (χ2n) is 6.05. The fraction of sp³-hybridized carbons (Fsp3) is 0.150. The van der Waals surface area contributed by atoms with Crippen LogP contribution in [0.4, 0.5) is 11.4 Å². The number of hydrogen-bond donors (Lipinski definition) is 3. The van der Waals surface area contributed by atoms with Gasteiger partial charge in [-0.25, -0.2) is 0 Å². The van der Waals surface area contributed by atoms with E-state index in [1.54, 1.807) is 54.6 Å². The van der Waals surface area contributed by atoms with Gasteiger partial charge in [-0.05, 0) is 54.2 Å². The summed E-state index contributed by atoms with van der Waals surface area (Å²) in [6.07, 6.45) is 3.05. The van der Waals surface area contributed by atoms with Crippen LogP contribution in [0, 0.1) is 5.92 Å². The Balaban J connectivity index is 1.90. The molecule has 0 spiro atoms. The van der Waals surface area contributed by atoms with Gasteiger partial charge in [0.1, 0.15) is 0 Å². The minimum Gasteiger partial charge on any atom is -0.332 e. The van der Waals surface area contributed by atoms with Crippen molar-refractivity contribution in [3.63, 3.8) is 0 Å². The molecule has 0 atom stereocenters. The van der Waals surface area contributed by atoms with Gasteiger partial charge in [0, 0.05) is 28.4 Å². The van der Waals surface area contributed by atoms with E-state index in [0.717, 1.165) is 5.56 Å². The lowest BCUT2D eigenvalue weighted by atomic mass is 10.2. The van der Waals surface area contributed by atoms with E-state index in [9.17, 15) is 9.59 Å². The SMILES string of the molecule is CC(C)C(=O)Nc1cccc(NC(=S)NC(=O)C=Cc2ccc(Cl)cc2)c1. The predicted octanol–water partition coefficient (Wildman–Crippen LogP) is 4.46. The number of rotatable bonds is 5. The van der Waals surface area contributed by atoms with Crippen LogP contribution in [0.15, 0.2) is 54.6 Å². The van der Waals surface area contributed by atoms with Gasteiger partial charge in [0.2, 0.25) is 11.8 Å². The molecule has 2 aromatic carbocycles. The molecule has 0 unspecified atom stereocenters. The molecule has 2 rings (SSSR count). The summed E-state index contributed by atoms with van der Waals surface area (Å²) in [5.74, 6) is -0.545. The maximum absolute atomic E-state index is 12.0. The molecule has 0 aliphatic carbocycles. The van der Waals surface area contributed by atoms with Gasteiger partial charge in [-0.1, -0.05) is 43.6 Å². The molecule has 0 bridgehead atoms. The van der Waals surface area contributed by atoms with Crippen molar-refractivity contribution in [1.29, 1.82) is 0 Å². The summed E-state index contributed by atoms with van der Waals surface area (Å²) in [5.41, 5.74) is 2.15. The van der Waals surface area contributed by atoms with Crippen LogP contribution in [0.5, 0.6) is 0 Å². The number of halogens is 1. The van der Waals surface area contributed by atoms with Gasteiger partial charge >= 0.3 is 0 Å². The molecule has 2 aromatic rings. The zero-order chi connectivity index (χ0) is 19.8. The molecule has 0 saturated carbocycles. The van der Waals surface area contributed by atoms with E-state index in [1.165, 1.54) is 6.08 Å². The molecule has 0 fully saturated rings. The van der Waals surface area contributed by atoms with E-state index in [1.807, 2.05) is 13.8 Å². The topological polar surface area (TPSA) is 70.2 Å². The Bertz CT molecular complexity index is 864. The zero-order valence-corrected chi connectivity index (χ0v) is 16.5. The molecule has 5 nitrogen and oxygen atoms in total. The van der Waals surface area contributed by atoms with Crippen LogP contribution >= 0.6 is 23.8 Å². The first-order valence-electron chi connectivity index (χ1n) is 8.30. The molecular formula is C20H20ClN3O2S. The first-order valence-corrected chi connectivity index (χ1v) is 9.08. The van der Waals surface area contributed by atoms with E-state index in [-0.39, 0.29) is 22.8 Å². The van der Waals surface area contributed by atoms with Crippen molar-refractivity contribution < 1.29 is 9.59 Å². The maximum Gasteiger partial charge on any atom is 0.250 e. The van der Waals surface area contributed by atoms with E-state index in [2.05, 4.69) is 16.0 Å². The second kappa shape index (κ2) is 9.85. The third-order valence-electron chi connectivity index (χ3n) is 3.45. The highest BCUT2D eigenvalue weighted by Gasteiger charge is 2.08. The molecule has 7 heteroatoms. The summed E-state index contributed by atoms with van der Waals surface area (Å²) in [6, 6.07) is 14.2. The fourth-order valence-electron chi connectivity index (χ4n) is 2.02.